The molecule has 1 aromatic rings. The Hall–Kier alpha value is -2.28. The van der Waals surface area contributed by atoms with Gasteiger partial charge in [0.2, 0.25) is 11.8 Å². The highest BCUT2D eigenvalue weighted by atomic mass is 16.5. The molecule has 1 unspecified atom stereocenters. The second-order valence-corrected chi connectivity index (χ2v) is 6.15. The van der Waals surface area contributed by atoms with E-state index in [4.69, 9.17) is 19.9 Å². The molecule has 1 aliphatic heterocycles. The number of nitrogens with two attached hydrogens (primary N) is 1. The molecule has 1 heterocycles. The standard InChI is InChI=1S/C18H26N2O5/c1-23-14-4-3-13(16(10-14)24-2)9-18(22)20-15(11-17(19)21)12-5-7-25-8-6-12/h3-4,10,12,15H,5-9,11H2,1-2H3,(H2,19,21)(H,20,22). The van der Waals surface area contributed by atoms with Gasteiger partial charge in [-0.15, -0.1) is 0 Å². The first-order chi connectivity index (χ1) is 12.0. The number of ether oxygens (including phenoxy) is 3. The van der Waals surface area contributed by atoms with Gasteiger partial charge in [0, 0.05) is 37.3 Å². The van der Waals surface area contributed by atoms with Crippen LogP contribution < -0.4 is 20.5 Å². The summed E-state index contributed by atoms with van der Waals surface area (Å²) < 4.78 is 15.8. The van der Waals surface area contributed by atoms with Crippen LogP contribution in [0.2, 0.25) is 0 Å². The third-order valence-corrected chi connectivity index (χ3v) is 4.45. The first kappa shape index (κ1) is 19.1. The molecule has 7 heteroatoms. The van der Waals surface area contributed by atoms with Crippen molar-refractivity contribution in [1.29, 1.82) is 0 Å². The van der Waals surface area contributed by atoms with Crippen LogP contribution in [-0.4, -0.2) is 45.3 Å². The lowest BCUT2D eigenvalue weighted by Gasteiger charge is -2.30. The fourth-order valence-corrected chi connectivity index (χ4v) is 3.10. The van der Waals surface area contributed by atoms with Gasteiger partial charge in [-0.2, -0.15) is 0 Å². The maximum absolute atomic E-state index is 12.5. The zero-order valence-electron chi connectivity index (χ0n) is 14.7. The number of amides is 2. The van der Waals surface area contributed by atoms with E-state index in [0.717, 1.165) is 18.4 Å². The van der Waals surface area contributed by atoms with Gasteiger partial charge in [0.25, 0.3) is 0 Å². The van der Waals surface area contributed by atoms with Gasteiger partial charge in [-0.1, -0.05) is 6.07 Å². The minimum Gasteiger partial charge on any atom is -0.497 e. The minimum atomic E-state index is -0.418. The summed E-state index contributed by atoms with van der Waals surface area (Å²) >= 11 is 0. The Labute approximate surface area is 147 Å². The number of carbonyl (C=O) groups is 2. The second kappa shape index (κ2) is 9.27. The highest BCUT2D eigenvalue weighted by Gasteiger charge is 2.27. The smallest absolute Gasteiger partial charge is 0.224 e. The van der Waals surface area contributed by atoms with Crippen LogP contribution in [-0.2, 0) is 20.7 Å². The summed E-state index contributed by atoms with van der Waals surface area (Å²) in [4.78, 5) is 23.9. The lowest BCUT2D eigenvalue weighted by atomic mass is 9.89. The number of benzene rings is 1. The van der Waals surface area contributed by atoms with Crippen LogP contribution in [0.4, 0.5) is 0 Å². The molecule has 1 saturated heterocycles. The molecule has 0 spiro atoms. The average Bonchev–Trinajstić information content (AvgIpc) is 2.61. The van der Waals surface area contributed by atoms with Crippen molar-refractivity contribution >= 4 is 11.8 Å². The van der Waals surface area contributed by atoms with Crippen LogP contribution in [0.1, 0.15) is 24.8 Å². The topological polar surface area (TPSA) is 99.9 Å². The monoisotopic (exact) mass is 350 g/mol. The first-order valence-electron chi connectivity index (χ1n) is 8.39. The Kier molecular flexibility index (Phi) is 7.06. The van der Waals surface area contributed by atoms with Crippen LogP contribution in [0.3, 0.4) is 0 Å². The fraction of sp³-hybridized carbons (Fsp3) is 0.556. The second-order valence-electron chi connectivity index (χ2n) is 6.15. The molecule has 0 radical (unpaired) electrons. The van der Waals surface area contributed by atoms with Crippen LogP contribution in [0.25, 0.3) is 0 Å². The van der Waals surface area contributed by atoms with Crippen LogP contribution >= 0.6 is 0 Å². The number of primary amides is 1. The summed E-state index contributed by atoms with van der Waals surface area (Å²) in [7, 11) is 3.12. The van der Waals surface area contributed by atoms with Gasteiger partial charge < -0.3 is 25.3 Å². The molecule has 7 nitrogen and oxygen atoms in total. The van der Waals surface area contributed by atoms with Gasteiger partial charge in [0.1, 0.15) is 11.5 Å². The molecule has 1 aromatic carbocycles. The lowest BCUT2D eigenvalue weighted by Crippen LogP contribution is -2.45. The van der Waals surface area contributed by atoms with E-state index in [1.807, 2.05) is 0 Å². The van der Waals surface area contributed by atoms with E-state index < -0.39 is 5.91 Å². The highest BCUT2D eigenvalue weighted by molar-refractivity contribution is 5.81. The normalized spacial score (nSPS) is 16.1. The SMILES string of the molecule is COc1ccc(CC(=O)NC(CC(N)=O)C2CCOCC2)c(OC)c1. The van der Waals surface area contributed by atoms with E-state index in [2.05, 4.69) is 5.32 Å². The van der Waals surface area contributed by atoms with Crippen molar-refractivity contribution in [1.82, 2.24) is 5.32 Å². The van der Waals surface area contributed by atoms with E-state index in [1.165, 1.54) is 0 Å². The van der Waals surface area contributed by atoms with E-state index in [-0.39, 0.29) is 30.7 Å². The maximum atomic E-state index is 12.5. The van der Waals surface area contributed by atoms with Gasteiger partial charge in [-0.25, -0.2) is 0 Å². The van der Waals surface area contributed by atoms with Crippen molar-refractivity contribution in [3.8, 4) is 11.5 Å². The number of hydrogen-bond donors (Lipinski definition) is 2. The minimum absolute atomic E-state index is 0.135. The van der Waals surface area contributed by atoms with Crippen LogP contribution in [0.5, 0.6) is 11.5 Å². The molecular formula is C18H26N2O5. The first-order valence-corrected chi connectivity index (χ1v) is 8.39. The Morgan fingerprint density at radius 2 is 2.00 bits per heavy atom. The number of methoxy groups -OCH3 is 2. The van der Waals surface area contributed by atoms with E-state index in [1.54, 1.807) is 32.4 Å². The molecule has 138 valence electrons. The van der Waals surface area contributed by atoms with Gasteiger partial charge in [-0.3, -0.25) is 9.59 Å². The summed E-state index contributed by atoms with van der Waals surface area (Å²) in [5.74, 6) is 0.866. The Bertz CT molecular complexity index is 599. The molecule has 2 amide bonds. The third kappa shape index (κ3) is 5.63. The zero-order valence-corrected chi connectivity index (χ0v) is 14.7. The highest BCUT2D eigenvalue weighted by Crippen LogP contribution is 2.25. The summed E-state index contributed by atoms with van der Waals surface area (Å²) in [5.41, 5.74) is 6.11. The van der Waals surface area contributed by atoms with Crippen molar-refractivity contribution in [3.63, 3.8) is 0 Å². The Balaban J connectivity index is 2.03. The van der Waals surface area contributed by atoms with Crippen LogP contribution in [0.15, 0.2) is 18.2 Å². The molecule has 25 heavy (non-hydrogen) atoms. The molecule has 3 N–H and O–H groups in total. The van der Waals surface area contributed by atoms with Crippen LogP contribution in [0, 0.1) is 5.92 Å². The van der Waals surface area contributed by atoms with Gasteiger partial charge in [0.05, 0.1) is 20.6 Å². The molecule has 0 saturated carbocycles. The largest absolute Gasteiger partial charge is 0.497 e. The summed E-state index contributed by atoms with van der Waals surface area (Å²) in [6.07, 6.45) is 1.91. The van der Waals surface area contributed by atoms with E-state index in [0.29, 0.717) is 24.7 Å². The van der Waals surface area contributed by atoms with Crippen molar-refractivity contribution in [2.75, 3.05) is 27.4 Å². The number of hydrogen-bond acceptors (Lipinski definition) is 5. The lowest BCUT2D eigenvalue weighted by molar-refractivity contribution is -0.123. The molecule has 0 aromatic heterocycles. The molecule has 1 fully saturated rings. The van der Waals surface area contributed by atoms with Gasteiger partial charge >= 0.3 is 0 Å². The average molecular weight is 350 g/mol. The molecule has 1 atom stereocenters. The van der Waals surface area contributed by atoms with Crippen molar-refractivity contribution in [2.45, 2.75) is 31.7 Å². The predicted molar refractivity (Wildman–Crippen MR) is 92.5 cm³/mol. The quantitative estimate of drug-likeness (QED) is 0.729. The fourth-order valence-electron chi connectivity index (χ4n) is 3.10. The number of carbonyl (C=O) groups excluding carboxylic acids is 2. The molecular weight excluding hydrogens is 324 g/mol. The van der Waals surface area contributed by atoms with Gasteiger partial charge in [0.15, 0.2) is 0 Å². The van der Waals surface area contributed by atoms with Crippen molar-refractivity contribution < 1.29 is 23.8 Å². The predicted octanol–water partition coefficient (Wildman–Crippen LogP) is 1.03. The summed E-state index contributed by atoms with van der Waals surface area (Å²) in [6, 6.07) is 5.06. The molecule has 2 rings (SSSR count). The molecule has 0 aliphatic carbocycles. The zero-order chi connectivity index (χ0) is 18.2. The number of nitrogens with one attached hydrogen (secondary N) is 1. The maximum Gasteiger partial charge on any atom is 0.224 e. The van der Waals surface area contributed by atoms with Crippen molar-refractivity contribution in [2.24, 2.45) is 11.7 Å². The summed E-state index contributed by atoms with van der Waals surface area (Å²) in [5, 5.41) is 2.96. The molecule has 1 aliphatic rings. The van der Waals surface area contributed by atoms with E-state index in [9.17, 15) is 9.59 Å². The Morgan fingerprint density at radius 3 is 2.60 bits per heavy atom. The van der Waals surface area contributed by atoms with Gasteiger partial charge in [-0.05, 0) is 24.8 Å². The third-order valence-electron chi connectivity index (χ3n) is 4.45. The molecule has 0 bridgehead atoms. The number of rotatable bonds is 8. The van der Waals surface area contributed by atoms with Crippen molar-refractivity contribution in [3.05, 3.63) is 23.8 Å². The Morgan fingerprint density at radius 1 is 1.28 bits per heavy atom. The van der Waals surface area contributed by atoms with E-state index >= 15 is 0 Å². The summed E-state index contributed by atoms with van der Waals surface area (Å²) in [6.45, 7) is 1.28.